The summed E-state index contributed by atoms with van der Waals surface area (Å²) in [7, 11) is 0. The van der Waals surface area contributed by atoms with E-state index in [0.717, 1.165) is 13.0 Å². The molecule has 0 amide bonds. The summed E-state index contributed by atoms with van der Waals surface area (Å²) in [6.07, 6.45) is 0.983. The highest BCUT2D eigenvalue weighted by Gasteiger charge is 2.28. The average molecular weight is 166 g/mol. The number of carbonyl (C=O) groups is 1. The van der Waals surface area contributed by atoms with E-state index in [1.807, 2.05) is 6.92 Å². The van der Waals surface area contributed by atoms with E-state index in [9.17, 15) is 4.79 Å². The van der Waals surface area contributed by atoms with E-state index in [2.05, 4.69) is 5.32 Å². The van der Waals surface area contributed by atoms with Crippen LogP contribution in [0.25, 0.3) is 0 Å². The summed E-state index contributed by atoms with van der Waals surface area (Å²) in [6.45, 7) is 2.80. The number of rotatable bonds is 1. The van der Waals surface area contributed by atoms with E-state index in [0.29, 0.717) is 5.92 Å². The van der Waals surface area contributed by atoms with Crippen molar-refractivity contribution in [1.29, 1.82) is 0 Å². The van der Waals surface area contributed by atoms with E-state index >= 15 is 0 Å². The van der Waals surface area contributed by atoms with Crippen molar-refractivity contribution in [2.45, 2.75) is 19.4 Å². The lowest BCUT2D eigenvalue weighted by molar-refractivity contribution is -0.139. The van der Waals surface area contributed by atoms with Crippen LogP contribution in [0.1, 0.15) is 13.3 Å². The van der Waals surface area contributed by atoms with Crippen molar-refractivity contribution in [2.75, 3.05) is 6.54 Å². The number of nitrogens with one attached hydrogen (secondary N) is 1. The van der Waals surface area contributed by atoms with Gasteiger partial charge >= 0.3 is 5.97 Å². The van der Waals surface area contributed by atoms with Gasteiger partial charge < -0.3 is 10.4 Å². The second kappa shape index (κ2) is 3.78. The fourth-order valence-electron chi connectivity index (χ4n) is 1.17. The monoisotopic (exact) mass is 165 g/mol. The first kappa shape index (κ1) is 9.72. The Morgan fingerprint density at radius 3 is 2.50 bits per heavy atom. The van der Waals surface area contributed by atoms with Crippen molar-refractivity contribution in [2.24, 2.45) is 5.92 Å². The van der Waals surface area contributed by atoms with Gasteiger partial charge in [-0.05, 0) is 18.9 Å². The summed E-state index contributed by atoms with van der Waals surface area (Å²) < 4.78 is 0. The van der Waals surface area contributed by atoms with Gasteiger partial charge in [-0.15, -0.1) is 12.4 Å². The maximum Gasteiger partial charge on any atom is 0.320 e. The second-order valence-electron chi connectivity index (χ2n) is 2.54. The standard InChI is InChI=1S/C6H11NO2.ClH/c1-4-2-3-7-5(4)6(8)9;/h4-5,7H,2-3H2,1H3,(H,8,9);1H/t4-,5+;/m1./s1. The first-order chi connectivity index (χ1) is 4.22. The van der Waals surface area contributed by atoms with Gasteiger partial charge in [0.2, 0.25) is 0 Å². The molecule has 2 atom stereocenters. The molecule has 0 aromatic rings. The number of aliphatic carboxylic acids is 1. The van der Waals surface area contributed by atoms with Crippen LogP contribution >= 0.6 is 12.4 Å². The maximum atomic E-state index is 10.3. The summed E-state index contributed by atoms with van der Waals surface area (Å²) in [6, 6.07) is -0.301. The molecule has 0 bridgehead atoms. The summed E-state index contributed by atoms with van der Waals surface area (Å²) >= 11 is 0. The lowest BCUT2D eigenvalue weighted by Crippen LogP contribution is -2.34. The SMILES string of the molecule is C[C@@H]1CCN[C@@H]1C(=O)O.Cl. The summed E-state index contributed by atoms with van der Waals surface area (Å²) in [5.74, 6) is -0.428. The smallest absolute Gasteiger partial charge is 0.320 e. The summed E-state index contributed by atoms with van der Waals surface area (Å²) in [4.78, 5) is 10.3. The van der Waals surface area contributed by atoms with Gasteiger partial charge in [0.05, 0.1) is 0 Å². The molecule has 0 radical (unpaired) electrons. The predicted octanol–water partition coefficient (Wildman–Crippen LogP) is 0.491. The van der Waals surface area contributed by atoms with E-state index < -0.39 is 5.97 Å². The Kier molecular flexibility index (Phi) is 3.68. The fraction of sp³-hybridized carbons (Fsp3) is 0.833. The van der Waals surface area contributed by atoms with E-state index in [-0.39, 0.29) is 18.4 Å². The molecule has 1 aliphatic heterocycles. The van der Waals surface area contributed by atoms with E-state index in [1.165, 1.54) is 0 Å². The second-order valence-corrected chi connectivity index (χ2v) is 2.54. The minimum Gasteiger partial charge on any atom is -0.480 e. The van der Waals surface area contributed by atoms with E-state index in [4.69, 9.17) is 5.11 Å². The molecule has 2 N–H and O–H groups in total. The Labute approximate surface area is 66.2 Å². The number of hydrogen-bond acceptors (Lipinski definition) is 2. The van der Waals surface area contributed by atoms with Crippen LogP contribution in [0.4, 0.5) is 0 Å². The Bertz CT molecular complexity index is 129. The number of carboxylic acids is 1. The van der Waals surface area contributed by atoms with Crippen molar-refractivity contribution in [3.05, 3.63) is 0 Å². The highest BCUT2D eigenvalue weighted by molar-refractivity contribution is 5.85. The zero-order chi connectivity index (χ0) is 6.85. The van der Waals surface area contributed by atoms with Crippen LogP contribution in [0.3, 0.4) is 0 Å². The third kappa shape index (κ3) is 1.85. The van der Waals surface area contributed by atoms with Crippen LogP contribution in [-0.2, 0) is 4.79 Å². The van der Waals surface area contributed by atoms with Crippen molar-refractivity contribution in [3.8, 4) is 0 Å². The maximum absolute atomic E-state index is 10.3. The molecule has 1 rings (SSSR count). The molecule has 0 aromatic carbocycles. The van der Waals surface area contributed by atoms with Gasteiger partial charge in [-0.3, -0.25) is 4.79 Å². The fourth-order valence-corrected chi connectivity index (χ4v) is 1.17. The number of halogens is 1. The molecule has 60 valence electrons. The van der Waals surface area contributed by atoms with Crippen molar-refractivity contribution >= 4 is 18.4 Å². The first-order valence-corrected chi connectivity index (χ1v) is 3.18. The molecular weight excluding hydrogens is 154 g/mol. The Hall–Kier alpha value is -0.280. The Morgan fingerprint density at radius 2 is 2.30 bits per heavy atom. The van der Waals surface area contributed by atoms with Gasteiger partial charge in [-0.25, -0.2) is 0 Å². The topological polar surface area (TPSA) is 49.3 Å². The van der Waals surface area contributed by atoms with Crippen molar-refractivity contribution in [3.63, 3.8) is 0 Å². The molecule has 1 heterocycles. The van der Waals surface area contributed by atoms with Crippen LogP contribution in [0.2, 0.25) is 0 Å². The largest absolute Gasteiger partial charge is 0.480 e. The zero-order valence-corrected chi connectivity index (χ0v) is 6.65. The molecule has 0 unspecified atom stereocenters. The molecule has 1 fully saturated rings. The molecule has 0 aromatic heterocycles. The molecule has 4 heteroatoms. The van der Waals surface area contributed by atoms with Crippen LogP contribution in [0, 0.1) is 5.92 Å². The average Bonchev–Trinajstić information content (AvgIpc) is 2.13. The van der Waals surface area contributed by atoms with Gasteiger partial charge in [0, 0.05) is 0 Å². The Morgan fingerprint density at radius 1 is 1.70 bits per heavy atom. The minimum atomic E-state index is -0.722. The van der Waals surface area contributed by atoms with Crippen LogP contribution < -0.4 is 5.32 Å². The van der Waals surface area contributed by atoms with E-state index in [1.54, 1.807) is 0 Å². The molecular formula is C6H12ClNO2. The predicted molar refractivity (Wildman–Crippen MR) is 40.5 cm³/mol. The third-order valence-electron chi connectivity index (χ3n) is 1.80. The first-order valence-electron chi connectivity index (χ1n) is 3.18. The van der Waals surface area contributed by atoms with Crippen LogP contribution in [0.5, 0.6) is 0 Å². The molecule has 0 saturated carbocycles. The Balaban J connectivity index is 0.000000810. The highest BCUT2D eigenvalue weighted by Crippen LogP contribution is 2.13. The van der Waals surface area contributed by atoms with Crippen molar-refractivity contribution < 1.29 is 9.90 Å². The van der Waals surface area contributed by atoms with Crippen LogP contribution in [-0.4, -0.2) is 23.7 Å². The number of hydrogen-bond donors (Lipinski definition) is 2. The molecule has 1 aliphatic rings. The minimum absolute atomic E-state index is 0. The van der Waals surface area contributed by atoms with Gasteiger partial charge in [0.25, 0.3) is 0 Å². The zero-order valence-electron chi connectivity index (χ0n) is 5.83. The lowest BCUT2D eigenvalue weighted by Gasteiger charge is -2.07. The summed E-state index contributed by atoms with van der Waals surface area (Å²) in [5.41, 5.74) is 0. The van der Waals surface area contributed by atoms with Gasteiger partial charge in [0.15, 0.2) is 0 Å². The van der Waals surface area contributed by atoms with Crippen LogP contribution in [0.15, 0.2) is 0 Å². The van der Waals surface area contributed by atoms with Gasteiger partial charge in [0.1, 0.15) is 6.04 Å². The summed E-state index contributed by atoms with van der Waals surface area (Å²) in [5, 5.41) is 11.4. The molecule has 0 aliphatic carbocycles. The normalized spacial score (nSPS) is 31.3. The number of carboxylic acid groups (broad SMARTS) is 1. The lowest BCUT2D eigenvalue weighted by atomic mass is 10.0. The highest BCUT2D eigenvalue weighted by atomic mass is 35.5. The van der Waals surface area contributed by atoms with Gasteiger partial charge in [-0.2, -0.15) is 0 Å². The molecule has 1 saturated heterocycles. The quantitative estimate of drug-likeness (QED) is 0.595. The molecule has 3 nitrogen and oxygen atoms in total. The third-order valence-corrected chi connectivity index (χ3v) is 1.80. The van der Waals surface area contributed by atoms with Crippen molar-refractivity contribution in [1.82, 2.24) is 5.32 Å². The van der Waals surface area contributed by atoms with Gasteiger partial charge in [-0.1, -0.05) is 6.92 Å². The molecule has 10 heavy (non-hydrogen) atoms. The molecule has 0 spiro atoms.